The van der Waals surface area contributed by atoms with Crippen LogP contribution in [0.5, 0.6) is 5.75 Å². The Hall–Kier alpha value is -1.13. The van der Waals surface area contributed by atoms with Crippen LogP contribution in [0.25, 0.3) is 11.3 Å². The monoisotopic (exact) mass is 251 g/mol. The Bertz CT molecular complexity index is 569. The van der Waals surface area contributed by atoms with Gasteiger partial charge in [-0.1, -0.05) is 0 Å². The Balaban J connectivity index is 2.63. The fourth-order valence-electron chi connectivity index (χ4n) is 1.58. The van der Waals surface area contributed by atoms with Gasteiger partial charge in [-0.2, -0.15) is 0 Å². The van der Waals surface area contributed by atoms with E-state index in [2.05, 4.69) is 31.0 Å². The van der Waals surface area contributed by atoms with E-state index in [4.69, 9.17) is 17.0 Å². The molecule has 0 aliphatic rings. The highest BCUT2D eigenvalue weighted by Crippen LogP contribution is 2.32. The van der Waals surface area contributed by atoms with Gasteiger partial charge in [-0.25, -0.2) is 0 Å². The number of hydrogen-bond donors (Lipinski definition) is 1. The van der Waals surface area contributed by atoms with Gasteiger partial charge in [0.25, 0.3) is 0 Å². The first-order valence-electron chi connectivity index (χ1n) is 4.95. The van der Waals surface area contributed by atoms with Gasteiger partial charge in [0.15, 0.2) is 3.95 Å². The molecule has 0 saturated carbocycles. The molecule has 1 heterocycles. The number of aromatic amines is 1. The summed E-state index contributed by atoms with van der Waals surface area (Å²) in [6.07, 6.45) is 0. The first kappa shape index (κ1) is 11.4. The second-order valence-electron chi connectivity index (χ2n) is 3.70. The number of hydrogen-bond acceptors (Lipinski definition) is 3. The van der Waals surface area contributed by atoms with Crippen LogP contribution in [0.2, 0.25) is 0 Å². The first-order chi connectivity index (χ1) is 7.61. The van der Waals surface area contributed by atoms with Gasteiger partial charge < -0.3 is 9.72 Å². The lowest BCUT2D eigenvalue weighted by Gasteiger charge is -2.10. The molecule has 16 heavy (non-hydrogen) atoms. The average molecular weight is 251 g/mol. The maximum Gasteiger partial charge on any atom is 0.158 e. The van der Waals surface area contributed by atoms with Crippen molar-refractivity contribution >= 4 is 23.6 Å². The highest BCUT2D eigenvalue weighted by Gasteiger charge is 2.09. The van der Waals surface area contributed by atoms with E-state index >= 15 is 0 Å². The van der Waals surface area contributed by atoms with Crippen LogP contribution in [-0.2, 0) is 0 Å². The summed E-state index contributed by atoms with van der Waals surface area (Å²) in [5.74, 6) is 0.882. The average Bonchev–Trinajstić information content (AvgIpc) is 2.68. The Morgan fingerprint density at radius 1 is 1.25 bits per heavy atom. The number of methoxy groups -OCH3 is 1. The highest BCUT2D eigenvalue weighted by molar-refractivity contribution is 7.73. The van der Waals surface area contributed by atoms with E-state index in [0.29, 0.717) is 0 Å². The molecule has 2 rings (SSSR count). The second kappa shape index (κ2) is 4.39. The summed E-state index contributed by atoms with van der Waals surface area (Å²) in [7, 11) is 1.69. The third-order valence-electron chi connectivity index (χ3n) is 2.63. The van der Waals surface area contributed by atoms with Crippen LogP contribution in [0.3, 0.4) is 0 Å². The molecule has 1 aromatic heterocycles. The summed E-state index contributed by atoms with van der Waals surface area (Å²) in [5.41, 5.74) is 4.57. The van der Waals surface area contributed by atoms with Crippen LogP contribution in [0.15, 0.2) is 17.5 Å². The Labute approximate surface area is 104 Å². The van der Waals surface area contributed by atoms with Crippen molar-refractivity contribution < 1.29 is 4.74 Å². The zero-order valence-corrected chi connectivity index (χ0v) is 11.1. The Morgan fingerprint density at radius 3 is 2.50 bits per heavy atom. The number of aryl methyl sites for hydroxylation is 2. The fourth-order valence-corrected chi connectivity index (χ4v) is 2.42. The molecule has 0 bridgehead atoms. The summed E-state index contributed by atoms with van der Waals surface area (Å²) < 4.78 is 6.18. The molecule has 2 aromatic rings. The molecule has 0 fully saturated rings. The van der Waals surface area contributed by atoms with Crippen LogP contribution in [0.4, 0.5) is 0 Å². The zero-order chi connectivity index (χ0) is 11.7. The van der Waals surface area contributed by atoms with Gasteiger partial charge in [0.05, 0.1) is 12.8 Å². The topological polar surface area (TPSA) is 25.0 Å². The normalized spacial score (nSPS) is 10.4. The molecule has 0 unspecified atom stereocenters. The van der Waals surface area contributed by atoms with E-state index in [9.17, 15) is 0 Å². The van der Waals surface area contributed by atoms with Gasteiger partial charge in [-0.05, 0) is 49.3 Å². The molecule has 1 aromatic carbocycles. The molecule has 0 aliphatic carbocycles. The van der Waals surface area contributed by atoms with Crippen molar-refractivity contribution in [2.24, 2.45) is 0 Å². The number of aromatic nitrogens is 1. The van der Waals surface area contributed by atoms with Crippen molar-refractivity contribution in [1.82, 2.24) is 4.98 Å². The molecule has 84 valence electrons. The van der Waals surface area contributed by atoms with Crippen molar-refractivity contribution in [3.8, 4) is 17.0 Å². The third kappa shape index (κ3) is 2.03. The molecule has 0 radical (unpaired) electrons. The predicted molar refractivity (Wildman–Crippen MR) is 71.0 cm³/mol. The largest absolute Gasteiger partial charge is 0.496 e. The summed E-state index contributed by atoms with van der Waals surface area (Å²) >= 11 is 6.63. The summed E-state index contributed by atoms with van der Waals surface area (Å²) in [6, 6.07) is 4.18. The second-order valence-corrected chi connectivity index (χ2v) is 5.24. The molecule has 0 atom stereocenters. The number of rotatable bonds is 2. The van der Waals surface area contributed by atoms with Gasteiger partial charge in [0, 0.05) is 10.9 Å². The van der Waals surface area contributed by atoms with E-state index in [1.165, 1.54) is 22.5 Å². The van der Waals surface area contributed by atoms with Crippen molar-refractivity contribution in [1.29, 1.82) is 0 Å². The van der Waals surface area contributed by atoms with E-state index < -0.39 is 0 Å². The summed E-state index contributed by atoms with van der Waals surface area (Å²) in [4.78, 5) is 3.17. The number of ether oxygens (including phenoxy) is 1. The van der Waals surface area contributed by atoms with Gasteiger partial charge in [-0.15, -0.1) is 11.3 Å². The Kier molecular flexibility index (Phi) is 3.12. The van der Waals surface area contributed by atoms with Crippen LogP contribution in [0, 0.1) is 17.8 Å². The molecule has 0 saturated heterocycles. The van der Waals surface area contributed by atoms with Gasteiger partial charge >= 0.3 is 0 Å². The molecule has 0 amide bonds. The number of thiazole rings is 1. The Morgan fingerprint density at radius 2 is 1.94 bits per heavy atom. The maximum absolute atomic E-state index is 5.40. The number of H-pyrrole nitrogens is 1. The van der Waals surface area contributed by atoms with E-state index in [1.54, 1.807) is 7.11 Å². The van der Waals surface area contributed by atoms with Crippen molar-refractivity contribution in [2.75, 3.05) is 7.11 Å². The molecule has 0 aliphatic heterocycles. The number of nitrogens with one attached hydrogen (secondary N) is 1. The number of benzene rings is 1. The minimum absolute atomic E-state index is 0.787. The molecule has 0 spiro atoms. The minimum atomic E-state index is 0.787. The quantitative estimate of drug-likeness (QED) is 0.813. The summed E-state index contributed by atoms with van der Waals surface area (Å²) in [6.45, 7) is 4.18. The lowest BCUT2D eigenvalue weighted by molar-refractivity contribution is 0.416. The van der Waals surface area contributed by atoms with Crippen LogP contribution >= 0.6 is 23.6 Å². The predicted octanol–water partition coefficient (Wildman–Crippen LogP) is 4.10. The first-order valence-corrected chi connectivity index (χ1v) is 6.24. The van der Waals surface area contributed by atoms with Gasteiger partial charge in [0.1, 0.15) is 5.75 Å². The standard InChI is InChI=1S/C12H13NOS2/c1-7-4-9(10-6-16-12(15)13-10)11(14-3)5-8(7)2/h4-6H,1-3H3,(H,13,15). The molecule has 1 N–H and O–H groups in total. The van der Waals surface area contributed by atoms with Crippen molar-refractivity contribution in [3.05, 3.63) is 32.6 Å². The molecular formula is C12H13NOS2. The van der Waals surface area contributed by atoms with E-state index in [0.717, 1.165) is 21.0 Å². The highest BCUT2D eigenvalue weighted by atomic mass is 32.1. The molecule has 4 heteroatoms. The van der Waals surface area contributed by atoms with Crippen molar-refractivity contribution in [2.45, 2.75) is 13.8 Å². The van der Waals surface area contributed by atoms with E-state index in [-0.39, 0.29) is 0 Å². The van der Waals surface area contributed by atoms with Gasteiger partial charge in [0.2, 0.25) is 0 Å². The lowest BCUT2D eigenvalue weighted by atomic mass is 10.0. The SMILES string of the molecule is COc1cc(C)c(C)cc1-c1csc(=S)[nH]1. The van der Waals surface area contributed by atoms with Crippen molar-refractivity contribution in [3.63, 3.8) is 0 Å². The van der Waals surface area contributed by atoms with Crippen LogP contribution in [-0.4, -0.2) is 12.1 Å². The maximum atomic E-state index is 5.40. The van der Waals surface area contributed by atoms with Crippen LogP contribution in [0.1, 0.15) is 11.1 Å². The zero-order valence-electron chi connectivity index (χ0n) is 9.46. The minimum Gasteiger partial charge on any atom is -0.496 e. The summed E-state index contributed by atoms with van der Waals surface area (Å²) in [5, 5.41) is 2.02. The lowest BCUT2D eigenvalue weighted by Crippen LogP contribution is -1.91. The molecule has 2 nitrogen and oxygen atoms in total. The smallest absolute Gasteiger partial charge is 0.158 e. The van der Waals surface area contributed by atoms with E-state index in [1.807, 2.05) is 5.38 Å². The van der Waals surface area contributed by atoms with Crippen LogP contribution < -0.4 is 4.74 Å². The fraction of sp³-hybridized carbons (Fsp3) is 0.250. The van der Waals surface area contributed by atoms with Gasteiger partial charge in [-0.3, -0.25) is 0 Å². The third-order valence-corrected chi connectivity index (χ3v) is 3.69. The molecular weight excluding hydrogens is 238 g/mol.